The van der Waals surface area contributed by atoms with Crippen LogP contribution in [0.25, 0.3) is 0 Å². The Bertz CT molecular complexity index is 455. The number of carbonyl (C=O) groups excluding carboxylic acids is 1. The molecule has 6 heteroatoms. The van der Waals surface area contributed by atoms with Crippen molar-refractivity contribution in [1.29, 1.82) is 0 Å². The van der Waals surface area contributed by atoms with Crippen molar-refractivity contribution >= 4 is 11.9 Å². The molecule has 0 saturated heterocycles. The molecule has 0 spiro atoms. The first kappa shape index (κ1) is 15.9. The van der Waals surface area contributed by atoms with E-state index in [4.69, 9.17) is 4.74 Å². The summed E-state index contributed by atoms with van der Waals surface area (Å²) in [5.41, 5.74) is 0.693. The topological polar surface area (TPSA) is 79.7 Å². The lowest BCUT2D eigenvalue weighted by Gasteiger charge is -2.22. The Hall–Kier alpha value is -2.11. The summed E-state index contributed by atoms with van der Waals surface area (Å²) in [4.78, 5) is 29.0. The number of hydrogen-bond acceptors (Lipinski definition) is 4. The highest BCUT2D eigenvalue weighted by atomic mass is 16.5. The maximum Gasteiger partial charge on any atom is 0.316 e. The molecule has 0 saturated carbocycles. The number of aliphatic carboxylic acids is 1. The van der Waals surface area contributed by atoms with Gasteiger partial charge in [0.1, 0.15) is 5.92 Å². The van der Waals surface area contributed by atoms with Gasteiger partial charge in [-0.15, -0.1) is 0 Å². The molecule has 0 bridgehead atoms. The molecule has 1 amide bonds. The summed E-state index contributed by atoms with van der Waals surface area (Å²) in [6, 6.07) is 3.37. The minimum atomic E-state index is -1.11. The van der Waals surface area contributed by atoms with Crippen molar-refractivity contribution in [3.05, 3.63) is 23.9 Å². The fourth-order valence-electron chi connectivity index (χ4n) is 1.92. The minimum absolute atomic E-state index is 0.127. The second kappa shape index (κ2) is 7.47. The van der Waals surface area contributed by atoms with Crippen LogP contribution in [0.2, 0.25) is 0 Å². The number of aromatic nitrogens is 1. The van der Waals surface area contributed by atoms with Gasteiger partial charge in [0.2, 0.25) is 11.8 Å². The largest absolute Gasteiger partial charge is 0.481 e. The highest BCUT2D eigenvalue weighted by Gasteiger charge is 2.29. The first-order valence-electron chi connectivity index (χ1n) is 6.53. The highest BCUT2D eigenvalue weighted by molar-refractivity contribution is 5.97. The third-order valence-corrected chi connectivity index (χ3v) is 3.12. The third kappa shape index (κ3) is 3.94. The normalized spacial score (nSPS) is 11.8. The molecule has 1 rings (SSSR count). The van der Waals surface area contributed by atoms with Crippen LogP contribution in [-0.2, 0) is 16.0 Å². The number of nitrogens with zero attached hydrogens (tertiary/aromatic N) is 2. The second-order valence-corrected chi connectivity index (χ2v) is 4.31. The fraction of sp³-hybridized carbons (Fsp3) is 0.500. The minimum Gasteiger partial charge on any atom is -0.481 e. The predicted molar refractivity (Wildman–Crippen MR) is 73.5 cm³/mol. The van der Waals surface area contributed by atoms with Crippen molar-refractivity contribution in [3.8, 4) is 5.88 Å². The van der Waals surface area contributed by atoms with E-state index in [1.54, 1.807) is 12.1 Å². The number of hydrogen-bond donors (Lipinski definition) is 1. The first-order chi connectivity index (χ1) is 9.53. The number of methoxy groups -OCH3 is 1. The lowest BCUT2D eigenvalue weighted by Crippen LogP contribution is -2.40. The Morgan fingerprint density at radius 2 is 2.00 bits per heavy atom. The SMILES string of the molecule is CCN(CC)C(=O)C(Cc1ccc(OC)nc1)C(=O)O. The molecule has 0 aromatic carbocycles. The Kier molecular flexibility index (Phi) is 5.96. The molecule has 6 nitrogen and oxygen atoms in total. The summed E-state index contributed by atoms with van der Waals surface area (Å²) in [7, 11) is 1.51. The zero-order valence-electron chi connectivity index (χ0n) is 12.0. The van der Waals surface area contributed by atoms with E-state index in [1.807, 2.05) is 13.8 Å². The lowest BCUT2D eigenvalue weighted by atomic mass is 9.99. The molecule has 0 aliphatic carbocycles. The van der Waals surface area contributed by atoms with Crippen LogP contribution in [0.5, 0.6) is 5.88 Å². The zero-order valence-corrected chi connectivity index (χ0v) is 12.0. The van der Waals surface area contributed by atoms with E-state index < -0.39 is 11.9 Å². The second-order valence-electron chi connectivity index (χ2n) is 4.31. The Balaban J connectivity index is 2.86. The molecule has 1 aromatic heterocycles. The molecule has 1 aromatic rings. The average molecular weight is 280 g/mol. The summed E-state index contributed by atoms with van der Waals surface area (Å²) < 4.78 is 4.94. The molecule has 1 unspecified atom stereocenters. The fourth-order valence-corrected chi connectivity index (χ4v) is 1.92. The van der Waals surface area contributed by atoms with E-state index in [-0.39, 0.29) is 12.3 Å². The van der Waals surface area contributed by atoms with Crippen molar-refractivity contribution in [2.75, 3.05) is 20.2 Å². The van der Waals surface area contributed by atoms with Gasteiger partial charge in [0.05, 0.1) is 7.11 Å². The molecule has 1 atom stereocenters. The van der Waals surface area contributed by atoms with Crippen LogP contribution in [0.3, 0.4) is 0 Å². The molecule has 0 radical (unpaired) electrons. The van der Waals surface area contributed by atoms with Gasteiger partial charge >= 0.3 is 5.97 Å². The van der Waals surface area contributed by atoms with Gasteiger partial charge in [-0.05, 0) is 25.8 Å². The quantitative estimate of drug-likeness (QED) is 0.759. The lowest BCUT2D eigenvalue weighted by molar-refractivity contribution is -0.150. The standard InChI is InChI=1S/C14H20N2O4/c1-4-16(5-2)13(17)11(14(18)19)8-10-6-7-12(20-3)15-9-10/h6-7,9,11H,4-5,8H2,1-3H3,(H,18,19). The van der Waals surface area contributed by atoms with Crippen LogP contribution in [-0.4, -0.2) is 47.1 Å². The number of carboxylic acids is 1. The Labute approximate surface area is 118 Å². The van der Waals surface area contributed by atoms with Gasteiger partial charge < -0.3 is 14.7 Å². The van der Waals surface area contributed by atoms with Crippen molar-refractivity contribution < 1.29 is 19.4 Å². The molecule has 1 heterocycles. The molecule has 0 aliphatic rings. The molecular weight excluding hydrogens is 260 g/mol. The van der Waals surface area contributed by atoms with Crippen molar-refractivity contribution in [1.82, 2.24) is 9.88 Å². The van der Waals surface area contributed by atoms with Crippen molar-refractivity contribution in [2.24, 2.45) is 5.92 Å². The third-order valence-electron chi connectivity index (χ3n) is 3.12. The molecule has 110 valence electrons. The first-order valence-corrected chi connectivity index (χ1v) is 6.53. The zero-order chi connectivity index (χ0) is 15.1. The maximum absolute atomic E-state index is 12.2. The molecule has 1 N–H and O–H groups in total. The number of pyridine rings is 1. The predicted octanol–water partition coefficient (Wildman–Crippen LogP) is 1.20. The van der Waals surface area contributed by atoms with E-state index in [9.17, 15) is 14.7 Å². The van der Waals surface area contributed by atoms with Gasteiger partial charge in [0.15, 0.2) is 0 Å². The van der Waals surface area contributed by atoms with E-state index in [2.05, 4.69) is 4.98 Å². The average Bonchev–Trinajstić information content (AvgIpc) is 2.46. The van der Waals surface area contributed by atoms with E-state index >= 15 is 0 Å². The summed E-state index contributed by atoms with van der Waals surface area (Å²) in [6.07, 6.45) is 1.66. The van der Waals surface area contributed by atoms with Gasteiger partial charge in [-0.1, -0.05) is 6.07 Å². The van der Waals surface area contributed by atoms with Gasteiger partial charge in [0, 0.05) is 25.4 Å². The van der Waals surface area contributed by atoms with Crippen molar-refractivity contribution in [3.63, 3.8) is 0 Å². The van der Waals surface area contributed by atoms with E-state index in [0.717, 1.165) is 0 Å². The van der Waals surface area contributed by atoms with Gasteiger partial charge in [-0.3, -0.25) is 9.59 Å². The molecule has 0 aliphatic heterocycles. The summed E-state index contributed by atoms with van der Waals surface area (Å²) in [5.74, 6) is -2.10. The van der Waals surface area contributed by atoms with Crippen molar-refractivity contribution in [2.45, 2.75) is 20.3 Å². The summed E-state index contributed by atoms with van der Waals surface area (Å²) in [6.45, 7) is 4.66. The smallest absolute Gasteiger partial charge is 0.316 e. The molecular formula is C14H20N2O4. The Morgan fingerprint density at radius 1 is 1.35 bits per heavy atom. The molecule has 20 heavy (non-hydrogen) atoms. The summed E-state index contributed by atoms with van der Waals surface area (Å²) in [5, 5.41) is 9.25. The summed E-state index contributed by atoms with van der Waals surface area (Å²) >= 11 is 0. The van der Waals surface area contributed by atoms with E-state index in [0.29, 0.717) is 24.5 Å². The van der Waals surface area contributed by atoms with E-state index in [1.165, 1.54) is 18.2 Å². The monoisotopic (exact) mass is 280 g/mol. The Morgan fingerprint density at radius 3 is 2.40 bits per heavy atom. The van der Waals surface area contributed by atoms with Crippen LogP contribution in [0, 0.1) is 5.92 Å². The van der Waals surface area contributed by atoms with Gasteiger partial charge in [0.25, 0.3) is 0 Å². The van der Waals surface area contributed by atoms with Crippen LogP contribution < -0.4 is 4.74 Å². The van der Waals surface area contributed by atoms with Crippen LogP contribution in [0.4, 0.5) is 0 Å². The number of carbonyl (C=O) groups is 2. The molecule has 0 fully saturated rings. The maximum atomic E-state index is 12.2. The van der Waals surface area contributed by atoms with Gasteiger partial charge in [-0.25, -0.2) is 4.98 Å². The van der Waals surface area contributed by atoms with Crippen LogP contribution >= 0.6 is 0 Å². The number of ether oxygens (including phenoxy) is 1. The number of carboxylic acid groups (broad SMARTS) is 1. The highest BCUT2D eigenvalue weighted by Crippen LogP contribution is 2.14. The van der Waals surface area contributed by atoms with Gasteiger partial charge in [-0.2, -0.15) is 0 Å². The van der Waals surface area contributed by atoms with Crippen LogP contribution in [0.15, 0.2) is 18.3 Å². The number of rotatable bonds is 7. The number of amides is 1. The van der Waals surface area contributed by atoms with Crippen LogP contribution in [0.1, 0.15) is 19.4 Å².